The quantitative estimate of drug-likeness (QED) is 0.494. The van der Waals surface area contributed by atoms with Gasteiger partial charge in [-0.3, -0.25) is 9.69 Å². The predicted molar refractivity (Wildman–Crippen MR) is 124 cm³/mol. The molecule has 1 aliphatic rings. The standard InChI is InChI=1S/C23H22Cl2N4O3/c1-31-19-6-2-16(3-7-19)23-26-21(32-27-23)15-28-10-12-29(13-11-28)22(30)9-4-17-14-18(24)5-8-20(17)25/h2-9,14H,10-13,15H2,1H3. The summed E-state index contributed by atoms with van der Waals surface area (Å²) in [4.78, 5) is 21.0. The molecule has 0 spiro atoms. The highest BCUT2D eigenvalue weighted by Crippen LogP contribution is 2.22. The summed E-state index contributed by atoms with van der Waals surface area (Å²) in [5.41, 5.74) is 1.58. The Kier molecular flexibility index (Phi) is 7.09. The van der Waals surface area contributed by atoms with E-state index in [1.807, 2.05) is 29.2 Å². The summed E-state index contributed by atoms with van der Waals surface area (Å²) in [5.74, 6) is 1.81. The number of benzene rings is 2. The first-order valence-corrected chi connectivity index (χ1v) is 10.9. The molecule has 3 aromatic rings. The fraction of sp³-hybridized carbons (Fsp3) is 0.261. The van der Waals surface area contributed by atoms with E-state index in [0.29, 0.717) is 41.4 Å². The van der Waals surface area contributed by atoms with Gasteiger partial charge in [0.25, 0.3) is 0 Å². The average molecular weight is 473 g/mol. The van der Waals surface area contributed by atoms with Crippen molar-refractivity contribution in [1.29, 1.82) is 0 Å². The fourth-order valence-electron chi connectivity index (χ4n) is 3.40. The van der Waals surface area contributed by atoms with Crippen molar-refractivity contribution in [2.45, 2.75) is 6.54 Å². The Morgan fingerprint density at radius 3 is 2.59 bits per heavy atom. The van der Waals surface area contributed by atoms with Gasteiger partial charge in [0.05, 0.1) is 13.7 Å². The van der Waals surface area contributed by atoms with Gasteiger partial charge in [0.2, 0.25) is 17.6 Å². The van der Waals surface area contributed by atoms with E-state index in [1.54, 1.807) is 31.4 Å². The first-order chi connectivity index (χ1) is 15.5. The Bertz CT molecular complexity index is 1110. The lowest BCUT2D eigenvalue weighted by atomic mass is 10.2. The fourth-order valence-corrected chi connectivity index (χ4v) is 3.76. The highest BCUT2D eigenvalue weighted by molar-refractivity contribution is 6.34. The molecule has 166 valence electrons. The van der Waals surface area contributed by atoms with Crippen molar-refractivity contribution >= 4 is 35.2 Å². The Morgan fingerprint density at radius 2 is 1.88 bits per heavy atom. The van der Waals surface area contributed by atoms with Gasteiger partial charge in [-0.1, -0.05) is 28.4 Å². The molecule has 1 aliphatic heterocycles. The number of piperazine rings is 1. The van der Waals surface area contributed by atoms with Crippen molar-refractivity contribution in [2.24, 2.45) is 0 Å². The van der Waals surface area contributed by atoms with Gasteiger partial charge >= 0.3 is 0 Å². The van der Waals surface area contributed by atoms with Crippen LogP contribution in [0.3, 0.4) is 0 Å². The minimum atomic E-state index is -0.0553. The summed E-state index contributed by atoms with van der Waals surface area (Å²) in [6.45, 7) is 3.21. The Labute approximate surface area is 196 Å². The normalized spacial score (nSPS) is 14.8. The summed E-state index contributed by atoms with van der Waals surface area (Å²) < 4.78 is 10.6. The van der Waals surface area contributed by atoms with Crippen LogP contribution in [0, 0.1) is 0 Å². The second-order valence-electron chi connectivity index (χ2n) is 7.34. The molecule has 1 amide bonds. The van der Waals surface area contributed by atoms with Crippen molar-refractivity contribution in [2.75, 3.05) is 33.3 Å². The number of rotatable bonds is 6. The van der Waals surface area contributed by atoms with Crippen LogP contribution in [0.15, 0.2) is 53.1 Å². The Balaban J connectivity index is 1.29. The smallest absolute Gasteiger partial charge is 0.246 e. The molecule has 1 fully saturated rings. The number of hydrogen-bond acceptors (Lipinski definition) is 6. The van der Waals surface area contributed by atoms with E-state index >= 15 is 0 Å². The lowest BCUT2D eigenvalue weighted by molar-refractivity contribution is -0.127. The lowest BCUT2D eigenvalue weighted by Crippen LogP contribution is -2.47. The Morgan fingerprint density at radius 1 is 1.12 bits per heavy atom. The van der Waals surface area contributed by atoms with Crippen molar-refractivity contribution in [3.05, 3.63) is 70.0 Å². The van der Waals surface area contributed by atoms with Crippen LogP contribution >= 0.6 is 23.2 Å². The van der Waals surface area contributed by atoms with Gasteiger partial charge in [-0.05, 0) is 54.1 Å². The minimum absolute atomic E-state index is 0.0553. The zero-order valence-corrected chi connectivity index (χ0v) is 19.0. The highest BCUT2D eigenvalue weighted by Gasteiger charge is 2.21. The number of aromatic nitrogens is 2. The second kappa shape index (κ2) is 10.2. The molecule has 0 N–H and O–H groups in total. The van der Waals surface area contributed by atoms with Gasteiger partial charge in [-0.25, -0.2) is 0 Å². The molecule has 2 aromatic carbocycles. The molecule has 0 aliphatic carbocycles. The number of amides is 1. The van der Waals surface area contributed by atoms with Crippen molar-refractivity contribution in [1.82, 2.24) is 19.9 Å². The summed E-state index contributed by atoms with van der Waals surface area (Å²) in [7, 11) is 1.62. The molecule has 7 nitrogen and oxygen atoms in total. The van der Waals surface area contributed by atoms with Crippen LogP contribution in [0.2, 0.25) is 10.0 Å². The van der Waals surface area contributed by atoms with Crippen molar-refractivity contribution in [3.8, 4) is 17.1 Å². The van der Waals surface area contributed by atoms with Gasteiger partial charge in [0, 0.05) is 47.9 Å². The molecule has 0 atom stereocenters. The van der Waals surface area contributed by atoms with Crippen LogP contribution in [-0.2, 0) is 11.3 Å². The number of carbonyl (C=O) groups is 1. The van der Waals surface area contributed by atoms with E-state index in [2.05, 4.69) is 15.0 Å². The highest BCUT2D eigenvalue weighted by atomic mass is 35.5. The summed E-state index contributed by atoms with van der Waals surface area (Å²) in [6.07, 6.45) is 3.23. The number of carbonyl (C=O) groups excluding carboxylic acids is 1. The number of hydrogen-bond donors (Lipinski definition) is 0. The first-order valence-electron chi connectivity index (χ1n) is 10.1. The molecule has 32 heavy (non-hydrogen) atoms. The first kappa shape index (κ1) is 22.3. The maximum Gasteiger partial charge on any atom is 0.246 e. The van der Waals surface area contributed by atoms with E-state index in [1.165, 1.54) is 6.08 Å². The van der Waals surface area contributed by atoms with Crippen LogP contribution in [0.25, 0.3) is 17.5 Å². The third-order valence-corrected chi connectivity index (χ3v) is 5.80. The molecule has 1 aromatic heterocycles. The van der Waals surface area contributed by atoms with Crippen molar-refractivity contribution < 1.29 is 14.1 Å². The number of methoxy groups -OCH3 is 1. The van der Waals surface area contributed by atoms with E-state index in [0.717, 1.165) is 30.0 Å². The topological polar surface area (TPSA) is 71.7 Å². The van der Waals surface area contributed by atoms with Gasteiger partial charge in [0.15, 0.2) is 0 Å². The molecule has 1 saturated heterocycles. The molecule has 2 heterocycles. The lowest BCUT2D eigenvalue weighted by Gasteiger charge is -2.33. The molecule has 0 bridgehead atoms. The van der Waals surface area contributed by atoms with Gasteiger partial charge in [-0.2, -0.15) is 4.98 Å². The molecule has 4 rings (SSSR count). The van der Waals surface area contributed by atoms with Gasteiger partial charge in [0.1, 0.15) is 5.75 Å². The molecule has 9 heteroatoms. The number of nitrogens with zero attached hydrogens (tertiary/aromatic N) is 4. The summed E-state index contributed by atoms with van der Waals surface area (Å²) in [5, 5.41) is 5.20. The van der Waals surface area contributed by atoms with E-state index in [-0.39, 0.29) is 5.91 Å². The zero-order valence-electron chi connectivity index (χ0n) is 17.5. The third kappa shape index (κ3) is 5.48. The second-order valence-corrected chi connectivity index (χ2v) is 8.18. The van der Waals surface area contributed by atoms with E-state index < -0.39 is 0 Å². The van der Waals surface area contributed by atoms with Crippen molar-refractivity contribution in [3.63, 3.8) is 0 Å². The Hall–Kier alpha value is -2.87. The molecule has 0 radical (unpaired) electrons. The SMILES string of the molecule is COc1ccc(-c2noc(CN3CCN(C(=O)C=Cc4cc(Cl)ccc4Cl)CC3)n2)cc1. The predicted octanol–water partition coefficient (Wildman–Crippen LogP) is 4.41. The number of ether oxygens (including phenoxy) is 1. The molecular formula is C23H22Cl2N4O3. The monoisotopic (exact) mass is 472 g/mol. The zero-order chi connectivity index (χ0) is 22.5. The molecule has 0 saturated carbocycles. The average Bonchev–Trinajstić information content (AvgIpc) is 3.28. The molecule has 0 unspecified atom stereocenters. The largest absolute Gasteiger partial charge is 0.497 e. The van der Waals surface area contributed by atoms with Gasteiger partial charge < -0.3 is 14.2 Å². The van der Waals surface area contributed by atoms with Crippen LogP contribution in [-0.4, -0.2) is 59.1 Å². The summed E-state index contributed by atoms with van der Waals surface area (Å²) in [6, 6.07) is 12.7. The van der Waals surface area contributed by atoms with Crippen LogP contribution in [0.1, 0.15) is 11.5 Å². The maximum atomic E-state index is 12.5. The van der Waals surface area contributed by atoms with E-state index in [4.69, 9.17) is 32.5 Å². The third-order valence-electron chi connectivity index (χ3n) is 5.22. The maximum absolute atomic E-state index is 12.5. The van der Waals surface area contributed by atoms with Gasteiger partial charge in [-0.15, -0.1) is 0 Å². The van der Waals surface area contributed by atoms with Crippen LogP contribution < -0.4 is 4.74 Å². The van der Waals surface area contributed by atoms with Crippen LogP contribution in [0.4, 0.5) is 0 Å². The van der Waals surface area contributed by atoms with E-state index in [9.17, 15) is 4.79 Å². The molecular weight excluding hydrogens is 451 g/mol. The minimum Gasteiger partial charge on any atom is -0.497 e. The summed E-state index contributed by atoms with van der Waals surface area (Å²) >= 11 is 12.1. The van der Waals surface area contributed by atoms with Crippen LogP contribution in [0.5, 0.6) is 5.75 Å². The number of halogens is 2.